The van der Waals surface area contributed by atoms with E-state index in [-0.39, 0.29) is 11.8 Å². The summed E-state index contributed by atoms with van der Waals surface area (Å²) in [6.07, 6.45) is 0. The van der Waals surface area contributed by atoms with Crippen molar-refractivity contribution in [2.75, 3.05) is 14.2 Å². The molecule has 0 heterocycles. The largest absolute Gasteiger partial charge is 0.493 e. The van der Waals surface area contributed by atoms with E-state index in [1.165, 1.54) is 6.07 Å². The normalized spacial score (nSPS) is 10.2. The number of amides is 2. The molecule has 2 aromatic carbocycles. The first-order valence-electron chi connectivity index (χ1n) is 7.51. The smallest absolute Gasteiger partial charge is 0.315 e. The fourth-order valence-corrected chi connectivity index (χ4v) is 2.23. The molecule has 6 heteroatoms. The molecule has 128 valence electrons. The van der Waals surface area contributed by atoms with E-state index in [4.69, 9.17) is 9.47 Å². The third kappa shape index (κ3) is 4.62. The monoisotopic (exact) mass is 332 g/mol. The lowest BCUT2D eigenvalue weighted by atomic mass is 10.1. The van der Waals surface area contributed by atoms with E-state index in [0.717, 1.165) is 11.1 Å². The van der Waals surface area contributed by atoms with Crippen LogP contribution in [0.1, 0.15) is 16.7 Å². The van der Waals surface area contributed by atoms with Crippen molar-refractivity contribution in [3.8, 4) is 11.5 Å². The minimum atomic E-state index is -0.299. The number of nitrogens with one attached hydrogen (secondary N) is 2. The number of hydrogen-bond donors (Lipinski definition) is 2. The third-order valence-corrected chi connectivity index (χ3v) is 3.58. The van der Waals surface area contributed by atoms with Crippen LogP contribution in [0.25, 0.3) is 0 Å². The molecule has 24 heavy (non-hydrogen) atoms. The van der Waals surface area contributed by atoms with Gasteiger partial charge in [-0.1, -0.05) is 18.2 Å². The van der Waals surface area contributed by atoms with E-state index >= 15 is 0 Å². The maximum absolute atomic E-state index is 13.2. The van der Waals surface area contributed by atoms with Crippen LogP contribution < -0.4 is 20.1 Å². The number of aryl methyl sites for hydroxylation is 1. The topological polar surface area (TPSA) is 59.6 Å². The van der Waals surface area contributed by atoms with Gasteiger partial charge in [-0.3, -0.25) is 0 Å². The second-order valence-corrected chi connectivity index (χ2v) is 5.31. The number of carbonyl (C=O) groups excluding carboxylic acids is 1. The van der Waals surface area contributed by atoms with Gasteiger partial charge in [0.05, 0.1) is 14.2 Å². The highest BCUT2D eigenvalue weighted by molar-refractivity contribution is 5.73. The first-order valence-corrected chi connectivity index (χ1v) is 7.51. The molecule has 2 rings (SSSR count). The Morgan fingerprint density at radius 1 is 0.958 bits per heavy atom. The Hall–Kier alpha value is -2.76. The highest BCUT2D eigenvalue weighted by Gasteiger charge is 2.06. The van der Waals surface area contributed by atoms with Crippen molar-refractivity contribution in [2.45, 2.75) is 20.0 Å². The van der Waals surface area contributed by atoms with Crippen LogP contribution in [0.4, 0.5) is 9.18 Å². The molecule has 2 aromatic rings. The molecule has 0 aliphatic rings. The van der Waals surface area contributed by atoms with Gasteiger partial charge in [-0.25, -0.2) is 9.18 Å². The molecule has 0 aliphatic carbocycles. The third-order valence-electron chi connectivity index (χ3n) is 3.58. The molecule has 2 N–H and O–H groups in total. The zero-order chi connectivity index (χ0) is 17.5. The fraction of sp³-hybridized carbons (Fsp3) is 0.278. The van der Waals surface area contributed by atoms with Crippen LogP contribution in [0.15, 0.2) is 36.4 Å². The Morgan fingerprint density at radius 3 is 2.12 bits per heavy atom. The van der Waals surface area contributed by atoms with E-state index in [1.807, 2.05) is 12.1 Å². The predicted octanol–water partition coefficient (Wildman–Crippen LogP) is 3.15. The number of hydrogen-bond acceptors (Lipinski definition) is 3. The molecule has 0 unspecified atom stereocenters. The molecule has 0 saturated carbocycles. The van der Waals surface area contributed by atoms with E-state index in [1.54, 1.807) is 39.3 Å². The van der Waals surface area contributed by atoms with E-state index in [0.29, 0.717) is 30.2 Å². The molecule has 0 fully saturated rings. The van der Waals surface area contributed by atoms with Gasteiger partial charge in [0.1, 0.15) is 5.82 Å². The summed E-state index contributed by atoms with van der Waals surface area (Å²) in [5.41, 5.74) is 2.29. The first-order chi connectivity index (χ1) is 11.5. The average Bonchev–Trinajstić information content (AvgIpc) is 2.60. The summed E-state index contributed by atoms with van der Waals surface area (Å²) in [4.78, 5) is 11.9. The summed E-state index contributed by atoms with van der Waals surface area (Å²) >= 11 is 0. The number of carbonyl (C=O) groups is 1. The van der Waals surface area contributed by atoms with Crippen LogP contribution in [-0.2, 0) is 13.1 Å². The highest BCUT2D eigenvalue weighted by Crippen LogP contribution is 2.27. The SMILES string of the molecule is COc1ccc(CNC(=O)NCc2ccc(F)c(C)c2)cc1OC. The van der Waals surface area contributed by atoms with Crippen molar-refractivity contribution in [1.29, 1.82) is 0 Å². The van der Waals surface area contributed by atoms with Gasteiger partial charge in [-0.05, 0) is 41.8 Å². The minimum Gasteiger partial charge on any atom is -0.493 e. The molecule has 0 spiro atoms. The minimum absolute atomic E-state index is 0.253. The summed E-state index contributed by atoms with van der Waals surface area (Å²) in [6, 6.07) is 9.91. The summed E-state index contributed by atoms with van der Waals surface area (Å²) < 4.78 is 23.6. The van der Waals surface area contributed by atoms with Gasteiger partial charge in [0, 0.05) is 13.1 Å². The van der Waals surface area contributed by atoms with E-state index in [9.17, 15) is 9.18 Å². The number of ether oxygens (including phenoxy) is 2. The molecule has 5 nitrogen and oxygen atoms in total. The number of halogens is 1. The standard InChI is InChI=1S/C18H21FN2O3/c1-12-8-13(4-6-15(12)19)10-20-18(22)21-11-14-5-7-16(23-2)17(9-14)24-3/h4-9H,10-11H2,1-3H3,(H2,20,21,22). The Kier molecular flexibility index (Phi) is 6.01. The molecular weight excluding hydrogens is 311 g/mol. The number of benzene rings is 2. The lowest BCUT2D eigenvalue weighted by Gasteiger charge is -2.11. The van der Waals surface area contributed by atoms with Crippen LogP contribution in [0.3, 0.4) is 0 Å². The lowest BCUT2D eigenvalue weighted by Crippen LogP contribution is -2.34. The first kappa shape index (κ1) is 17.6. The van der Waals surface area contributed by atoms with E-state index in [2.05, 4.69) is 10.6 Å². The quantitative estimate of drug-likeness (QED) is 0.854. The molecule has 2 amide bonds. The van der Waals surface area contributed by atoms with Gasteiger partial charge in [0.25, 0.3) is 0 Å². The van der Waals surface area contributed by atoms with Crippen molar-refractivity contribution in [3.63, 3.8) is 0 Å². The van der Waals surface area contributed by atoms with Crippen LogP contribution >= 0.6 is 0 Å². The Labute approximate surface area is 140 Å². The van der Waals surface area contributed by atoms with Crippen molar-refractivity contribution in [1.82, 2.24) is 10.6 Å². The fourth-order valence-electron chi connectivity index (χ4n) is 2.23. The summed E-state index contributed by atoms with van der Waals surface area (Å²) in [7, 11) is 3.13. The maximum Gasteiger partial charge on any atom is 0.315 e. The van der Waals surface area contributed by atoms with Crippen molar-refractivity contribution >= 4 is 6.03 Å². The number of urea groups is 1. The number of rotatable bonds is 6. The summed E-state index contributed by atoms with van der Waals surface area (Å²) in [6.45, 7) is 2.38. The molecule has 0 bridgehead atoms. The second kappa shape index (κ2) is 8.19. The van der Waals surface area contributed by atoms with Gasteiger partial charge in [-0.15, -0.1) is 0 Å². The lowest BCUT2D eigenvalue weighted by molar-refractivity contribution is 0.240. The van der Waals surface area contributed by atoms with Gasteiger partial charge >= 0.3 is 6.03 Å². The molecule has 0 saturated heterocycles. The summed E-state index contributed by atoms with van der Waals surface area (Å²) in [5.74, 6) is 0.994. The zero-order valence-electron chi connectivity index (χ0n) is 14.0. The average molecular weight is 332 g/mol. The molecular formula is C18H21FN2O3. The van der Waals surface area contributed by atoms with Crippen molar-refractivity contribution in [3.05, 3.63) is 58.9 Å². The molecule has 0 aliphatic heterocycles. The van der Waals surface area contributed by atoms with E-state index < -0.39 is 0 Å². The summed E-state index contributed by atoms with van der Waals surface area (Å²) in [5, 5.41) is 5.50. The van der Waals surface area contributed by atoms with Crippen LogP contribution in [0, 0.1) is 12.7 Å². The molecule has 0 aromatic heterocycles. The maximum atomic E-state index is 13.2. The highest BCUT2D eigenvalue weighted by atomic mass is 19.1. The number of methoxy groups -OCH3 is 2. The van der Waals surface area contributed by atoms with Crippen LogP contribution in [-0.4, -0.2) is 20.3 Å². The molecule has 0 radical (unpaired) electrons. The van der Waals surface area contributed by atoms with Crippen molar-refractivity contribution in [2.24, 2.45) is 0 Å². The second-order valence-electron chi connectivity index (χ2n) is 5.31. The van der Waals surface area contributed by atoms with Crippen LogP contribution in [0.5, 0.6) is 11.5 Å². The predicted molar refractivity (Wildman–Crippen MR) is 89.8 cm³/mol. The molecule has 0 atom stereocenters. The Bertz CT molecular complexity index is 719. The zero-order valence-corrected chi connectivity index (χ0v) is 14.0. The van der Waals surface area contributed by atoms with Gasteiger partial charge in [0.2, 0.25) is 0 Å². The Morgan fingerprint density at radius 2 is 1.54 bits per heavy atom. The Balaban J connectivity index is 1.85. The van der Waals surface area contributed by atoms with Gasteiger partial charge in [-0.2, -0.15) is 0 Å². The van der Waals surface area contributed by atoms with Gasteiger partial charge in [0.15, 0.2) is 11.5 Å². The van der Waals surface area contributed by atoms with Gasteiger partial charge < -0.3 is 20.1 Å². The van der Waals surface area contributed by atoms with Crippen LogP contribution in [0.2, 0.25) is 0 Å². The van der Waals surface area contributed by atoms with Crippen molar-refractivity contribution < 1.29 is 18.7 Å².